The molecule has 0 unspecified atom stereocenters. The second kappa shape index (κ2) is 6.79. The molecule has 0 amide bonds. The van der Waals surface area contributed by atoms with E-state index in [4.69, 9.17) is 20.3 Å². The zero-order valence-corrected chi connectivity index (χ0v) is 11.6. The first kappa shape index (κ1) is 15.8. The number of aliphatic carboxylic acids is 1. The highest BCUT2D eigenvalue weighted by atomic mass is 16.5. The predicted molar refractivity (Wildman–Crippen MR) is 73.3 cm³/mol. The molecule has 0 saturated carbocycles. The molecule has 1 rings (SSSR count). The second-order valence-corrected chi connectivity index (χ2v) is 5.02. The summed E-state index contributed by atoms with van der Waals surface area (Å²) in [6, 6.07) is 6.86. The van der Waals surface area contributed by atoms with Gasteiger partial charge in [-0.1, -0.05) is 6.07 Å². The topological polar surface area (TPSA) is 98.9 Å². The van der Waals surface area contributed by atoms with Crippen LogP contribution in [-0.4, -0.2) is 30.3 Å². The Bertz CT molecular complexity index is 484. The van der Waals surface area contributed by atoms with Crippen LogP contribution in [0.3, 0.4) is 0 Å². The zero-order valence-electron chi connectivity index (χ0n) is 11.6. The van der Waals surface area contributed by atoms with Gasteiger partial charge in [-0.25, -0.2) is 0 Å². The van der Waals surface area contributed by atoms with Crippen LogP contribution < -0.4 is 10.5 Å². The average molecular weight is 281 g/mol. The molecule has 6 nitrogen and oxygen atoms in total. The molecule has 0 aliphatic heterocycles. The summed E-state index contributed by atoms with van der Waals surface area (Å²) in [6.45, 7) is 2.97. The lowest BCUT2D eigenvalue weighted by Crippen LogP contribution is -2.30. The highest BCUT2D eigenvalue weighted by Gasteiger charge is 2.28. The first-order chi connectivity index (χ1) is 9.31. The Labute approximate surface area is 117 Å². The Hall–Kier alpha value is -2.24. The third-order valence-electron chi connectivity index (χ3n) is 2.61. The number of carbonyl (C=O) groups is 2. The number of ether oxygens (including phenoxy) is 2. The van der Waals surface area contributed by atoms with Crippen LogP contribution in [-0.2, 0) is 14.3 Å². The molecule has 0 bridgehead atoms. The molecule has 20 heavy (non-hydrogen) atoms. The summed E-state index contributed by atoms with van der Waals surface area (Å²) < 4.78 is 10.2. The van der Waals surface area contributed by atoms with Gasteiger partial charge in [0.05, 0.1) is 18.4 Å². The van der Waals surface area contributed by atoms with Crippen molar-refractivity contribution in [1.29, 1.82) is 0 Å². The molecule has 0 fully saturated rings. The molecule has 3 N–H and O–H groups in total. The SMILES string of the molecule is CC(C)(COC(=O)CCOc1cccc(N)c1)C(=O)O. The van der Waals surface area contributed by atoms with Crippen molar-refractivity contribution < 1.29 is 24.2 Å². The third-order valence-corrected chi connectivity index (χ3v) is 2.61. The van der Waals surface area contributed by atoms with E-state index in [1.54, 1.807) is 24.3 Å². The van der Waals surface area contributed by atoms with Crippen LogP contribution in [0.25, 0.3) is 0 Å². The number of hydrogen-bond donors (Lipinski definition) is 2. The summed E-state index contributed by atoms with van der Waals surface area (Å²) in [4.78, 5) is 22.3. The highest BCUT2D eigenvalue weighted by molar-refractivity contribution is 5.75. The lowest BCUT2D eigenvalue weighted by Gasteiger charge is -2.18. The van der Waals surface area contributed by atoms with E-state index in [2.05, 4.69) is 0 Å². The minimum absolute atomic E-state index is 0.0461. The Morgan fingerprint density at radius 2 is 2.05 bits per heavy atom. The molecule has 0 aromatic heterocycles. The largest absolute Gasteiger partial charge is 0.493 e. The first-order valence-corrected chi connectivity index (χ1v) is 6.18. The lowest BCUT2D eigenvalue weighted by molar-refractivity contribution is -0.156. The van der Waals surface area contributed by atoms with Gasteiger partial charge in [-0.05, 0) is 26.0 Å². The quantitative estimate of drug-likeness (QED) is 0.583. The van der Waals surface area contributed by atoms with Crippen molar-refractivity contribution in [3.05, 3.63) is 24.3 Å². The van der Waals surface area contributed by atoms with Crippen molar-refractivity contribution in [2.45, 2.75) is 20.3 Å². The molecule has 110 valence electrons. The Kier molecular flexibility index (Phi) is 5.37. The van der Waals surface area contributed by atoms with Crippen LogP contribution in [0, 0.1) is 5.41 Å². The van der Waals surface area contributed by atoms with Crippen LogP contribution in [0.15, 0.2) is 24.3 Å². The van der Waals surface area contributed by atoms with Gasteiger partial charge in [0, 0.05) is 11.8 Å². The molecule has 0 aliphatic rings. The van der Waals surface area contributed by atoms with Gasteiger partial charge in [0.25, 0.3) is 0 Å². The number of esters is 1. The summed E-state index contributed by atoms with van der Waals surface area (Å²) in [6.07, 6.45) is 0.0461. The van der Waals surface area contributed by atoms with Gasteiger partial charge in [-0.3, -0.25) is 9.59 Å². The maximum absolute atomic E-state index is 11.4. The van der Waals surface area contributed by atoms with Gasteiger partial charge in [0.1, 0.15) is 12.4 Å². The molecule has 0 radical (unpaired) electrons. The molecular weight excluding hydrogens is 262 g/mol. The Balaban J connectivity index is 2.29. The van der Waals surface area contributed by atoms with E-state index in [9.17, 15) is 9.59 Å². The van der Waals surface area contributed by atoms with E-state index in [-0.39, 0.29) is 19.6 Å². The van der Waals surface area contributed by atoms with Gasteiger partial charge in [0.2, 0.25) is 0 Å². The van der Waals surface area contributed by atoms with E-state index in [1.807, 2.05) is 0 Å². The van der Waals surface area contributed by atoms with Crippen molar-refractivity contribution in [3.8, 4) is 5.75 Å². The van der Waals surface area contributed by atoms with E-state index in [1.165, 1.54) is 13.8 Å². The van der Waals surface area contributed by atoms with Crippen molar-refractivity contribution in [3.63, 3.8) is 0 Å². The zero-order chi connectivity index (χ0) is 15.2. The maximum Gasteiger partial charge on any atom is 0.312 e. The van der Waals surface area contributed by atoms with Crippen LogP contribution in [0.5, 0.6) is 5.75 Å². The maximum atomic E-state index is 11.4. The van der Waals surface area contributed by atoms with Crippen LogP contribution in [0.4, 0.5) is 5.69 Å². The van der Waals surface area contributed by atoms with Crippen LogP contribution in [0.2, 0.25) is 0 Å². The van der Waals surface area contributed by atoms with Gasteiger partial charge < -0.3 is 20.3 Å². The molecule has 1 aromatic carbocycles. The average Bonchev–Trinajstić information content (AvgIpc) is 2.36. The summed E-state index contributed by atoms with van der Waals surface area (Å²) in [7, 11) is 0. The number of carboxylic acids is 1. The first-order valence-electron chi connectivity index (χ1n) is 6.18. The van der Waals surface area contributed by atoms with Gasteiger partial charge in [-0.2, -0.15) is 0 Å². The molecule has 0 spiro atoms. The normalized spacial score (nSPS) is 10.9. The molecule has 0 aliphatic carbocycles. The van der Waals surface area contributed by atoms with E-state index in [0.717, 1.165) is 0 Å². The minimum Gasteiger partial charge on any atom is -0.493 e. The molecular formula is C14H19NO5. The number of anilines is 1. The molecule has 1 aromatic rings. The summed E-state index contributed by atoms with van der Waals surface area (Å²) in [5.74, 6) is -0.937. The fraction of sp³-hybridized carbons (Fsp3) is 0.429. The third kappa shape index (κ3) is 5.17. The van der Waals surface area contributed by atoms with Crippen molar-refractivity contribution in [1.82, 2.24) is 0 Å². The standard InChI is InChI=1S/C14H19NO5/c1-14(2,13(17)18)9-20-12(16)6-7-19-11-5-3-4-10(15)8-11/h3-5,8H,6-7,9,15H2,1-2H3,(H,17,18). The number of nitrogens with two attached hydrogens (primary N) is 1. The van der Waals surface area contributed by atoms with Gasteiger partial charge in [-0.15, -0.1) is 0 Å². The summed E-state index contributed by atoms with van der Waals surface area (Å²) >= 11 is 0. The van der Waals surface area contributed by atoms with Crippen molar-refractivity contribution in [2.75, 3.05) is 18.9 Å². The molecule has 0 heterocycles. The van der Waals surface area contributed by atoms with Crippen molar-refractivity contribution >= 4 is 17.6 Å². The number of carbonyl (C=O) groups excluding carboxylic acids is 1. The monoisotopic (exact) mass is 281 g/mol. The Morgan fingerprint density at radius 1 is 1.35 bits per heavy atom. The fourth-order valence-electron chi connectivity index (χ4n) is 1.25. The molecule has 0 atom stereocenters. The predicted octanol–water partition coefficient (Wildman–Crippen LogP) is 1.69. The number of rotatable bonds is 7. The molecule has 6 heteroatoms. The summed E-state index contributed by atoms with van der Waals surface area (Å²) in [5, 5.41) is 8.88. The van der Waals surface area contributed by atoms with Gasteiger partial charge in [0.15, 0.2) is 0 Å². The lowest BCUT2D eigenvalue weighted by atomic mass is 9.95. The van der Waals surface area contributed by atoms with Crippen LogP contribution >= 0.6 is 0 Å². The van der Waals surface area contributed by atoms with E-state index in [0.29, 0.717) is 11.4 Å². The van der Waals surface area contributed by atoms with Gasteiger partial charge >= 0.3 is 11.9 Å². The van der Waals surface area contributed by atoms with E-state index < -0.39 is 17.4 Å². The highest BCUT2D eigenvalue weighted by Crippen LogP contribution is 2.16. The van der Waals surface area contributed by atoms with E-state index >= 15 is 0 Å². The Morgan fingerprint density at radius 3 is 2.65 bits per heavy atom. The second-order valence-electron chi connectivity index (χ2n) is 5.02. The van der Waals surface area contributed by atoms with Crippen molar-refractivity contribution in [2.24, 2.45) is 5.41 Å². The minimum atomic E-state index is -1.09. The number of hydrogen-bond acceptors (Lipinski definition) is 5. The number of nitrogen functional groups attached to an aromatic ring is 1. The number of benzene rings is 1. The number of carboxylic acid groups (broad SMARTS) is 1. The smallest absolute Gasteiger partial charge is 0.312 e. The summed E-state index contributed by atoms with van der Waals surface area (Å²) in [5.41, 5.74) is 5.07. The fourth-order valence-corrected chi connectivity index (χ4v) is 1.25. The molecule has 0 saturated heterocycles. The van der Waals surface area contributed by atoms with Crippen LogP contribution in [0.1, 0.15) is 20.3 Å².